The van der Waals surface area contributed by atoms with Gasteiger partial charge in [0.05, 0.1) is 35.5 Å². The second-order valence-corrected chi connectivity index (χ2v) is 12.1. The van der Waals surface area contributed by atoms with E-state index < -0.39 is 40.9 Å². The van der Waals surface area contributed by atoms with Gasteiger partial charge in [0.2, 0.25) is 11.8 Å². The molecule has 4 aliphatic rings. The van der Waals surface area contributed by atoms with E-state index >= 15 is 4.79 Å². The van der Waals surface area contributed by atoms with Crippen molar-refractivity contribution in [2.24, 2.45) is 23.7 Å². The average molecular weight is 592 g/mol. The number of nitrogens with one attached hydrogen (secondary N) is 2. The minimum Gasteiger partial charge on any atom is -0.491 e. The van der Waals surface area contributed by atoms with E-state index in [2.05, 4.69) is 10.7 Å². The van der Waals surface area contributed by atoms with Crippen molar-refractivity contribution in [2.45, 2.75) is 31.1 Å². The summed E-state index contributed by atoms with van der Waals surface area (Å²) >= 11 is 0. The fourth-order valence-corrected chi connectivity index (χ4v) is 8.01. The van der Waals surface area contributed by atoms with Gasteiger partial charge in [-0.25, -0.2) is 0 Å². The van der Waals surface area contributed by atoms with Crippen LogP contribution in [-0.4, -0.2) is 47.0 Å². The fourth-order valence-electron chi connectivity index (χ4n) is 8.01. The summed E-state index contributed by atoms with van der Waals surface area (Å²) in [5.74, 6) is -4.03. The molecule has 0 radical (unpaired) electrons. The average Bonchev–Trinajstić information content (AvgIpc) is 3.45. The van der Waals surface area contributed by atoms with Crippen molar-refractivity contribution < 1.29 is 29.0 Å². The number of aliphatic hydroxyl groups excluding tert-OH is 1. The van der Waals surface area contributed by atoms with Crippen LogP contribution in [0.3, 0.4) is 0 Å². The van der Waals surface area contributed by atoms with Gasteiger partial charge < -0.3 is 9.84 Å². The standard InChI is InChI=1S/C35H33N3O6/c1-20-11-13-22(14-12-20)37-38-33(42)27-19-26-23(15-16-25-29(26)32(41)36-31(25)40)30(24-9-5-6-10-28(24)44-18-17-39)35(27,34(38)43)21-7-3-2-4-8-21/h2-15,25-27,29-30,37,39H,16-19H2,1H3,(H,36,40,41)/t25-,26+,27-,29-,30+,35+/m0/s1. The number of ether oxygens (including phenoxy) is 1. The monoisotopic (exact) mass is 591 g/mol. The molecule has 0 unspecified atom stereocenters. The first-order valence-electron chi connectivity index (χ1n) is 15.0. The van der Waals surface area contributed by atoms with Crippen LogP contribution in [0.25, 0.3) is 0 Å². The molecular weight excluding hydrogens is 558 g/mol. The van der Waals surface area contributed by atoms with E-state index in [4.69, 9.17) is 4.74 Å². The van der Waals surface area contributed by atoms with Gasteiger partial charge in [-0.05, 0) is 49.4 Å². The number of amides is 4. The Morgan fingerprint density at radius 2 is 1.66 bits per heavy atom. The van der Waals surface area contributed by atoms with E-state index in [1.54, 1.807) is 6.07 Å². The van der Waals surface area contributed by atoms with Crippen molar-refractivity contribution in [1.29, 1.82) is 0 Å². The molecule has 9 heteroatoms. The van der Waals surface area contributed by atoms with E-state index in [0.717, 1.165) is 16.1 Å². The number of benzene rings is 3. The van der Waals surface area contributed by atoms with Crippen LogP contribution in [0.5, 0.6) is 5.75 Å². The van der Waals surface area contributed by atoms with Crippen LogP contribution in [0, 0.1) is 30.6 Å². The van der Waals surface area contributed by atoms with E-state index in [1.165, 1.54) is 0 Å². The summed E-state index contributed by atoms with van der Waals surface area (Å²) in [5.41, 5.74) is 5.60. The Hall–Kier alpha value is -4.76. The largest absolute Gasteiger partial charge is 0.491 e. The van der Waals surface area contributed by atoms with Crippen LogP contribution in [0.15, 0.2) is 90.5 Å². The SMILES string of the molecule is Cc1ccc(NN2C(=O)[C@@H]3C[C@@H]4C(=CC[C@@H]5C(=O)NC(=O)[C@@H]54)[C@H](c4ccccc4OCCO)[C@]3(c3ccccc3)C2=O)cc1. The molecule has 0 spiro atoms. The van der Waals surface area contributed by atoms with Crippen LogP contribution in [0.4, 0.5) is 5.69 Å². The highest BCUT2D eigenvalue weighted by molar-refractivity contribution is 6.13. The van der Waals surface area contributed by atoms with Gasteiger partial charge in [-0.2, -0.15) is 5.01 Å². The number of hydrogen-bond donors (Lipinski definition) is 3. The number of aliphatic hydroxyl groups is 1. The minimum absolute atomic E-state index is 0.0452. The summed E-state index contributed by atoms with van der Waals surface area (Å²) in [7, 11) is 0. The van der Waals surface area contributed by atoms with Crippen LogP contribution < -0.4 is 15.5 Å². The topological polar surface area (TPSA) is 125 Å². The summed E-state index contributed by atoms with van der Waals surface area (Å²) in [6.07, 6.45) is 2.59. The number of allylic oxidation sites excluding steroid dienone is 2. The third-order valence-corrected chi connectivity index (χ3v) is 9.81. The highest BCUT2D eigenvalue weighted by Crippen LogP contribution is 2.64. The summed E-state index contributed by atoms with van der Waals surface area (Å²) in [5, 5.41) is 13.2. The summed E-state index contributed by atoms with van der Waals surface area (Å²) in [4.78, 5) is 55.7. The normalized spacial score (nSPS) is 29.0. The predicted octanol–water partition coefficient (Wildman–Crippen LogP) is 3.64. The van der Waals surface area contributed by atoms with E-state index in [0.29, 0.717) is 29.0 Å². The highest BCUT2D eigenvalue weighted by Gasteiger charge is 2.70. The first-order valence-corrected chi connectivity index (χ1v) is 15.0. The molecule has 224 valence electrons. The van der Waals surface area contributed by atoms with Crippen LogP contribution in [0.2, 0.25) is 0 Å². The number of fused-ring (bicyclic) bond motifs is 4. The molecule has 0 aromatic heterocycles. The maximum absolute atomic E-state index is 15.1. The van der Waals surface area contributed by atoms with Crippen LogP contribution >= 0.6 is 0 Å². The number of aryl methyl sites for hydroxylation is 1. The van der Waals surface area contributed by atoms with E-state index in [9.17, 15) is 19.5 Å². The molecule has 0 bridgehead atoms. The van der Waals surface area contributed by atoms with E-state index in [-0.39, 0.29) is 37.4 Å². The molecular formula is C35H33N3O6. The second kappa shape index (κ2) is 10.7. The lowest BCUT2D eigenvalue weighted by molar-refractivity contribution is -0.138. The maximum Gasteiger partial charge on any atom is 0.260 e. The molecule has 3 aromatic rings. The van der Waals surface area contributed by atoms with Crippen molar-refractivity contribution in [1.82, 2.24) is 10.3 Å². The molecule has 9 nitrogen and oxygen atoms in total. The number of imide groups is 2. The van der Waals surface area contributed by atoms with Gasteiger partial charge in [-0.1, -0.05) is 77.9 Å². The number of hydrazine groups is 1. The molecule has 44 heavy (non-hydrogen) atoms. The van der Waals surface area contributed by atoms with Gasteiger partial charge in [0, 0.05) is 11.5 Å². The molecule has 4 amide bonds. The number of rotatable bonds is 7. The Kier molecular flexibility index (Phi) is 6.85. The number of carbonyl (C=O) groups is 4. The highest BCUT2D eigenvalue weighted by atomic mass is 16.5. The Labute approximate surface area is 254 Å². The second-order valence-electron chi connectivity index (χ2n) is 12.1. The molecule has 1 saturated carbocycles. The molecule has 3 fully saturated rings. The minimum atomic E-state index is -1.37. The predicted molar refractivity (Wildman–Crippen MR) is 161 cm³/mol. The molecule has 2 aliphatic carbocycles. The number of para-hydroxylation sites is 1. The molecule has 6 atom stereocenters. The zero-order chi connectivity index (χ0) is 30.6. The molecule has 3 N–H and O–H groups in total. The van der Waals surface area contributed by atoms with Crippen molar-refractivity contribution in [3.8, 4) is 5.75 Å². The van der Waals surface area contributed by atoms with Gasteiger partial charge in [0.25, 0.3) is 11.8 Å². The fraction of sp³-hybridized carbons (Fsp3) is 0.314. The van der Waals surface area contributed by atoms with Gasteiger partial charge in [0.1, 0.15) is 12.4 Å². The van der Waals surface area contributed by atoms with Crippen molar-refractivity contribution in [3.63, 3.8) is 0 Å². The quantitative estimate of drug-likeness (QED) is 0.283. The van der Waals surface area contributed by atoms with Crippen molar-refractivity contribution in [2.75, 3.05) is 18.6 Å². The zero-order valence-corrected chi connectivity index (χ0v) is 24.2. The van der Waals surface area contributed by atoms with Gasteiger partial charge >= 0.3 is 0 Å². The summed E-state index contributed by atoms with van der Waals surface area (Å²) in [6, 6.07) is 24.2. The first kappa shape index (κ1) is 28.0. The number of carbonyl (C=O) groups excluding carboxylic acids is 4. The first-order chi connectivity index (χ1) is 21.4. The van der Waals surface area contributed by atoms with Gasteiger partial charge in [-0.3, -0.25) is 29.9 Å². The summed E-state index contributed by atoms with van der Waals surface area (Å²) < 4.78 is 6.03. The lowest BCUT2D eigenvalue weighted by Crippen LogP contribution is -2.53. The number of hydrogen-bond acceptors (Lipinski definition) is 7. The Balaban J connectivity index is 1.47. The zero-order valence-electron chi connectivity index (χ0n) is 24.2. The Morgan fingerprint density at radius 1 is 0.932 bits per heavy atom. The lowest BCUT2D eigenvalue weighted by atomic mass is 9.49. The van der Waals surface area contributed by atoms with Crippen LogP contribution in [-0.2, 0) is 24.6 Å². The Bertz CT molecular complexity index is 1690. The maximum atomic E-state index is 15.1. The molecule has 2 heterocycles. The van der Waals surface area contributed by atoms with Crippen molar-refractivity contribution in [3.05, 3.63) is 107 Å². The van der Waals surface area contributed by atoms with Gasteiger partial charge in [-0.15, -0.1) is 0 Å². The number of anilines is 1. The van der Waals surface area contributed by atoms with Crippen LogP contribution in [0.1, 0.15) is 35.4 Å². The smallest absolute Gasteiger partial charge is 0.260 e. The molecule has 3 aromatic carbocycles. The number of nitrogens with zero attached hydrogens (tertiary/aromatic N) is 1. The van der Waals surface area contributed by atoms with Crippen molar-refractivity contribution >= 4 is 29.3 Å². The molecule has 2 saturated heterocycles. The Morgan fingerprint density at radius 3 is 2.41 bits per heavy atom. The molecule has 7 rings (SSSR count). The molecule has 2 aliphatic heterocycles. The van der Waals surface area contributed by atoms with Gasteiger partial charge in [0.15, 0.2) is 0 Å². The van der Waals surface area contributed by atoms with E-state index in [1.807, 2.05) is 85.8 Å². The lowest BCUT2D eigenvalue weighted by Gasteiger charge is -2.50. The third kappa shape index (κ3) is 4.10. The third-order valence-electron chi connectivity index (χ3n) is 9.81. The summed E-state index contributed by atoms with van der Waals surface area (Å²) in [6.45, 7) is 1.81.